The van der Waals surface area contributed by atoms with Crippen LogP contribution in [0.25, 0.3) is 0 Å². The minimum atomic E-state index is 0. The normalized spacial score (nSPS) is 16.7. The number of ether oxygens (including phenoxy) is 2. The Hall–Kier alpha value is -0.0800. The van der Waals surface area contributed by atoms with Crippen LogP contribution < -0.4 is 10.6 Å². The highest BCUT2D eigenvalue weighted by molar-refractivity contribution is 14.0. The number of hydrogen-bond donors (Lipinski definition) is 2. The first-order chi connectivity index (χ1) is 11.3. The van der Waals surface area contributed by atoms with Gasteiger partial charge < -0.3 is 20.1 Å². The van der Waals surface area contributed by atoms with Crippen molar-refractivity contribution in [2.45, 2.75) is 59.3 Å². The summed E-state index contributed by atoms with van der Waals surface area (Å²) in [5, 5.41) is 6.76. The van der Waals surface area contributed by atoms with Crippen molar-refractivity contribution in [1.29, 1.82) is 0 Å². The van der Waals surface area contributed by atoms with Gasteiger partial charge in [0.2, 0.25) is 0 Å². The fraction of sp³-hybridized carbons (Fsp3) is 0.944. The molecule has 1 saturated carbocycles. The summed E-state index contributed by atoms with van der Waals surface area (Å²) in [6.45, 7) is 12.2. The Labute approximate surface area is 165 Å². The van der Waals surface area contributed by atoms with E-state index < -0.39 is 0 Å². The zero-order valence-electron chi connectivity index (χ0n) is 15.9. The summed E-state index contributed by atoms with van der Waals surface area (Å²) in [6.07, 6.45) is 7.38. The third-order valence-corrected chi connectivity index (χ3v) is 4.52. The fourth-order valence-corrected chi connectivity index (χ4v) is 3.16. The largest absolute Gasteiger partial charge is 0.382 e. The van der Waals surface area contributed by atoms with Crippen LogP contribution in [-0.4, -0.2) is 52.0 Å². The summed E-state index contributed by atoms with van der Waals surface area (Å²) in [7, 11) is 0. The zero-order chi connectivity index (χ0) is 16.8. The molecule has 0 unspecified atom stereocenters. The van der Waals surface area contributed by atoms with E-state index in [0.29, 0.717) is 5.41 Å². The molecule has 144 valence electrons. The second kappa shape index (κ2) is 15.2. The van der Waals surface area contributed by atoms with Crippen LogP contribution in [0.2, 0.25) is 0 Å². The molecule has 1 aliphatic carbocycles. The van der Waals surface area contributed by atoms with Gasteiger partial charge >= 0.3 is 0 Å². The second-order valence-corrected chi connectivity index (χ2v) is 6.33. The Morgan fingerprint density at radius 2 is 1.67 bits per heavy atom. The van der Waals surface area contributed by atoms with Gasteiger partial charge in [0.25, 0.3) is 0 Å². The first-order valence-electron chi connectivity index (χ1n) is 9.44. The number of halogens is 1. The number of aliphatic imine (C=N–C) groups is 1. The molecule has 0 radical (unpaired) electrons. The number of nitrogens with one attached hydrogen (secondary N) is 2. The third-order valence-electron chi connectivity index (χ3n) is 4.52. The topological polar surface area (TPSA) is 54.9 Å². The number of hydrogen-bond acceptors (Lipinski definition) is 3. The molecule has 0 aliphatic heterocycles. The quantitative estimate of drug-likeness (QED) is 0.205. The lowest BCUT2D eigenvalue weighted by molar-refractivity contribution is 0.107. The molecule has 2 N–H and O–H groups in total. The summed E-state index contributed by atoms with van der Waals surface area (Å²) < 4.78 is 11.0. The van der Waals surface area contributed by atoms with E-state index >= 15 is 0 Å². The molecule has 5 nitrogen and oxygen atoms in total. The molecule has 6 heteroatoms. The molecule has 0 saturated heterocycles. The van der Waals surface area contributed by atoms with Crippen molar-refractivity contribution < 1.29 is 9.47 Å². The van der Waals surface area contributed by atoms with Gasteiger partial charge in [-0.2, -0.15) is 0 Å². The number of guanidine groups is 1. The van der Waals surface area contributed by atoms with Crippen LogP contribution in [-0.2, 0) is 9.47 Å². The van der Waals surface area contributed by atoms with Crippen molar-refractivity contribution in [3.63, 3.8) is 0 Å². The average Bonchev–Trinajstić information content (AvgIpc) is 3.02. The Morgan fingerprint density at radius 3 is 2.29 bits per heavy atom. The third kappa shape index (κ3) is 10.0. The molecule has 24 heavy (non-hydrogen) atoms. The van der Waals surface area contributed by atoms with Crippen LogP contribution in [0.5, 0.6) is 0 Å². The minimum absolute atomic E-state index is 0. The summed E-state index contributed by atoms with van der Waals surface area (Å²) in [5.41, 5.74) is 0.350. The summed E-state index contributed by atoms with van der Waals surface area (Å²) in [4.78, 5) is 4.86. The highest BCUT2D eigenvalue weighted by Crippen LogP contribution is 2.41. The van der Waals surface area contributed by atoms with E-state index in [2.05, 4.69) is 24.5 Å². The SMILES string of the molecule is CCNC(=NCC1(CCOCC)CCCC1)NCCCOCC.I. The molecule has 0 aromatic carbocycles. The molecule has 1 fully saturated rings. The molecule has 0 aromatic heterocycles. The van der Waals surface area contributed by atoms with Crippen molar-refractivity contribution in [3.8, 4) is 0 Å². The van der Waals surface area contributed by atoms with Crippen LogP contribution in [0.1, 0.15) is 59.3 Å². The number of nitrogens with zero attached hydrogens (tertiary/aromatic N) is 1. The van der Waals surface area contributed by atoms with Gasteiger partial charge in [0.1, 0.15) is 0 Å². The van der Waals surface area contributed by atoms with Crippen LogP contribution in [0.3, 0.4) is 0 Å². The molecule has 0 bridgehead atoms. The van der Waals surface area contributed by atoms with Gasteiger partial charge in [-0.25, -0.2) is 0 Å². The van der Waals surface area contributed by atoms with Crippen LogP contribution >= 0.6 is 24.0 Å². The molecule has 0 heterocycles. The maximum absolute atomic E-state index is 5.58. The smallest absolute Gasteiger partial charge is 0.191 e. The van der Waals surface area contributed by atoms with Crippen LogP contribution in [0, 0.1) is 5.41 Å². The number of rotatable bonds is 12. The monoisotopic (exact) mass is 455 g/mol. The maximum Gasteiger partial charge on any atom is 0.191 e. The highest BCUT2D eigenvalue weighted by Gasteiger charge is 2.33. The lowest BCUT2D eigenvalue weighted by atomic mass is 9.83. The van der Waals surface area contributed by atoms with E-state index in [9.17, 15) is 0 Å². The van der Waals surface area contributed by atoms with E-state index in [1.807, 2.05) is 6.92 Å². The molecule has 0 amide bonds. The van der Waals surface area contributed by atoms with Gasteiger partial charge in [-0.1, -0.05) is 12.8 Å². The molecule has 0 atom stereocenters. The van der Waals surface area contributed by atoms with Gasteiger partial charge in [0.05, 0.1) is 0 Å². The van der Waals surface area contributed by atoms with Crippen LogP contribution in [0.4, 0.5) is 0 Å². The van der Waals surface area contributed by atoms with Crippen molar-refractivity contribution in [3.05, 3.63) is 0 Å². The summed E-state index contributed by atoms with van der Waals surface area (Å²) >= 11 is 0. The average molecular weight is 455 g/mol. The van der Waals surface area contributed by atoms with E-state index in [4.69, 9.17) is 14.5 Å². The molecule has 1 aliphatic rings. The van der Waals surface area contributed by atoms with Crippen molar-refractivity contribution >= 4 is 29.9 Å². The summed E-state index contributed by atoms with van der Waals surface area (Å²) in [5.74, 6) is 0.937. The molecular formula is C18H38IN3O2. The minimum Gasteiger partial charge on any atom is -0.382 e. The zero-order valence-corrected chi connectivity index (χ0v) is 18.2. The molecule has 0 aromatic rings. The first-order valence-corrected chi connectivity index (χ1v) is 9.44. The molecule has 1 rings (SSSR count). The fourth-order valence-electron chi connectivity index (χ4n) is 3.16. The van der Waals surface area contributed by atoms with Gasteiger partial charge in [-0.3, -0.25) is 4.99 Å². The van der Waals surface area contributed by atoms with Gasteiger partial charge in [-0.15, -0.1) is 24.0 Å². The Kier molecular flexibility index (Phi) is 15.1. The maximum atomic E-state index is 5.58. The van der Waals surface area contributed by atoms with Gasteiger partial charge in [0, 0.05) is 46.1 Å². The van der Waals surface area contributed by atoms with Crippen molar-refractivity contribution in [2.75, 3.05) is 46.1 Å². The predicted molar refractivity (Wildman–Crippen MR) is 113 cm³/mol. The second-order valence-electron chi connectivity index (χ2n) is 6.33. The lowest BCUT2D eigenvalue weighted by Crippen LogP contribution is -2.39. The van der Waals surface area contributed by atoms with Crippen molar-refractivity contribution in [2.24, 2.45) is 10.4 Å². The van der Waals surface area contributed by atoms with E-state index in [1.165, 1.54) is 25.7 Å². The first kappa shape index (κ1) is 23.9. The molecule has 0 spiro atoms. The predicted octanol–water partition coefficient (Wildman–Crippen LogP) is 3.57. The molecular weight excluding hydrogens is 417 g/mol. The Bertz CT molecular complexity index is 321. The lowest BCUT2D eigenvalue weighted by Gasteiger charge is -2.27. The van der Waals surface area contributed by atoms with E-state index in [0.717, 1.165) is 64.9 Å². The standard InChI is InChI=1S/C18H37N3O2.HI/c1-4-19-17(20-13-9-14-22-5-2)21-16-18(10-7-8-11-18)12-15-23-6-3;/h4-16H2,1-3H3,(H2,19,20,21);1H. The highest BCUT2D eigenvalue weighted by atomic mass is 127. The van der Waals surface area contributed by atoms with E-state index in [-0.39, 0.29) is 24.0 Å². The summed E-state index contributed by atoms with van der Waals surface area (Å²) in [6, 6.07) is 0. The van der Waals surface area contributed by atoms with E-state index in [1.54, 1.807) is 0 Å². The van der Waals surface area contributed by atoms with Gasteiger partial charge in [0.15, 0.2) is 5.96 Å². The van der Waals surface area contributed by atoms with Gasteiger partial charge in [-0.05, 0) is 51.9 Å². The van der Waals surface area contributed by atoms with Crippen LogP contribution in [0.15, 0.2) is 4.99 Å². The van der Waals surface area contributed by atoms with Crippen molar-refractivity contribution in [1.82, 2.24) is 10.6 Å². The Balaban J connectivity index is 0.00000529. The Morgan fingerprint density at radius 1 is 1.00 bits per heavy atom.